The number of nitrogens with zero attached hydrogens (tertiary/aromatic N) is 3. The SMILES string of the molecule is CCOc1ccc(-c2noc(C3CC(=O)N(c4c(C)cc(C)cc4C)C3)n2)cc1OC. The molecule has 2 aromatic carbocycles. The van der Waals surface area contributed by atoms with Gasteiger partial charge in [0.25, 0.3) is 0 Å². The standard InChI is InChI=1S/C24H27N3O4/c1-6-30-19-8-7-17(11-20(19)29-5)23-25-24(31-26-23)18-12-21(28)27(13-18)22-15(3)9-14(2)10-16(22)4/h7-11,18H,6,12-13H2,1-5H3. The van der Waals surface area contributed by atoms with Gasteiger partial charge in [-0.2, -0.15) is 4.98 Å². The number of ether oxygens (including phenoxy) is 2. The molecule has 0 saturated carbocycles. The Hall–Kier alpha value is -3.35. The van der Waals surface area contributed by atoms with Crippen molar-refractivity contribution < 1.29 is 18.8 Å². The van der Waals surface area contributed by atoms with Gasteiger partial charge in [0.1, 0.15) is 0 Å². The van der Waals surface area contributed by atoms with Gasteiger partial charge in [-0.25, -0.2) is 0 Å². The Morgan fingerprint density at radius 2 is 1.87 bits per heavy atom. The number of anilines is 1. The number of methoxy groups -OCH3 is 1. The lowest BCUT2D eigenvalue weighted by Crippen LogP contribution is -2.26. The normalized spacial score (nSPS) is 16.1. The highest BCUT2D eigenvalue weighted by Crippen LogP contribution is 2.36. The first kappa shape index (κ1) is 20.9. The molecule has 2 heterocycles. The lowest BCUT2D eigenvalue weighted by molar-refractivity contribution is -0.117. The zero-order valence-electron chi connectivity index (χ0n) is 18.6. The van der Waals surface area contributed by atoms with E-state index < -0.39 is 0 Å². The molecule has 1 aliphatic rings. The lowest BCUT2D eigenvalue weighted by Gasteiger charge is -2.21. The molecule has 1 unspecified atom stereocenters. The van der Waals surface area contributed by atoms with Crippen LogP contribution in [-0.2, 0) is 4.79 Å². The van der Waals surface area contributed by atoms with Crippen molar-refractivity contribution >= 4 is 11.6 Å². The fourth-order valence-electron chi connectivity index (χ4n) is 4.29. The maximum atomic E-state index is 12.8. The van der Waals surface area contributed by atoms with E-state index in [0.717, 1.165) is 22.4 Å². The number of hydrogen-bond donors (Lipinski definition) is 0. The number of rotatable bonds is 6. The Morgan fingerprint density at radius 1 is 1.13 bits per heavy atom. The van der Waals surface area contributed by atoms with E-state index in [2.05, 4.69) is 29.2 Å². The van der Waals surface area contributed by atoms with Crippen molar-refractivity contribution in [3.05, 3.63) is 52.9 Å². The van der Waals surface area contributed by atoms with Crippen LogP contribution in [0.3, 0.4) is 0 Å². The van der Waals surface area contributed by atoms with Crippen molar-refractivity contribution in [2.24, 2.45) is 0 Å². The van der Waals surface area contributed by atoms with E-state index in [1.807, 2.05) is 43.9 Å². The van der Waals surface area contributed by atoms with Crippen LogP contribution in [0.4, 0.5) is 5.69 Å². The fraction of sp³-hybridized carbons (Fsp3) is 0.375. The monoisotopic (exact) mass is 421 g/mol. The smallest absolute Gasteiger partial charge is 0.232 e. The molecule has 0 N–H and O–H groups in total. The van der Waals surface area contributed by atoms with E-state index in [0.29, 0.717) is 42.8 Å². The number of benzene rings is 2. The second kappa shape index (κ2) is 8.41. The van der Waals surface area contributed by atoms with Gasteiger partial charge in [-0.05, 0) is 57.0 Å². The largest absolute Gasteiger partial charge is 0.493 e. The molecule has 0 aliphatic carbocycles. The molecule has 31 heavy (non-hydrogen) atoms. The first-order chi connectivity index (χ1) is 14.9. The van der Waals surface area contributed by atoms with Gasteiger partial charge in [0, 0.05) is 24.2 Å². The second-order valence-corrected chi connectivity index (χ2v) is 7.91. The van der Waals surface area contributed by atoms with Crippen molar-refractivity contribution in [1.29, 1.82) is 0 Å². The van der Waals surface area contributed by atoms with Gasteiger partial charge in [0.2, 0.25) is 17.6 Å². The van der Waals surface area contributed by atoms with Crippen LogP contribution in [0.1, 0.15) is 41.8 Å². The molecule has 1 fully saturated rings. The van der Waals surface area contributed by atoms with E-state index in [4.69, 9.17) is 14.0 Å². The minimum atomic E-state index is -0.140. The fourth-order valence-corrected chi connectivity index (χ4v) is 4.29. The molecular weight excluding hydrogens is 394 g/mol. The molecule has 7 heteroatoms. The second-order valence-electron chi connectivity index (χ2n) is 7.91. The van der Waals surface area contributed by atoms with Crippen LogP contribution >= 0.6 is 0 Å². The molecule has 1 amide bonds. The van der Waals surface area contributed by atoms with Gasteiger partial charge in [-0.3, -0.25) is 4.79 Å². The van der Waals surface area contributed by atoms with Crippen molar-refractivity contribution in [3.63, 3.8) is 0 Å². The van der Waals surface area contributed by atoms with Crippen LogP contribution in [-0.4, -0.2) is 36.3 Å². The highest BCUT2D eigenvalue weighted by Gasteiger charge is 2.36. The van der Waals surface area contributed by atoms with Crippen molar-refractivity contribution in [2.45, 2.75) is 40.0 Å². The number of aryl methyl sites for hydroxylation is 3. The van der Waals surface area contributed by atoms with E-state index in [1.54, 1.807) is 7.11 Å². The summed E-state index contributed by atoms with van der Waals surface area (Å²) in [5, 5.41) is 4.14. The highest BCUT2D eigenvalue weighted by molar-refractivity contribution is 5.97. The predicted octanol–water partition coefficient (Wildman–Crippen LogP) is 4.59. The molecule has 0 spiro atoms. The Kier molecular flexibility index (Phi) is 5.67. The minimum Gasteiger partial charge on any atom is -0.493 e. The summed E-state index contributed by atoms with van der Waals surface area (Å²) in [5.41, 5.74) is 5.13. The zero-order chi connectivity index (χ0) is 22.1. The van der Waals surface area contributed by atoms with Crippen LogP contribution in [0.25, 0.3) is 11.4 Å². The summed E-state index contributed by atoms with van der Waals surface area (Å²) >= 11 is 0. The summed E-state index contributed by atoms with van der Waals surface area (Å²) in [4.78, 5) is 19.2. The molecule has 7 nitrogen and oxygen atoms in total. The Labute approximate surface area is 182 Å². The summed E-state index contributed by atoms with van der Waals surface area (Å²) in [6.45, 7) is 9.14. The number of hydrogen-bond acceptors (Lipinski definition) is 6. The molecule has 1 aromatic heterocycles. The first-order valence-electron chi connectivity index (χ1n) is 10.4. The average Bonchev–Trinajstić information content (AvgIpc) is 3.35. The van der Waals surface area contributed by atoms with Crippen LogP contribution < -0.4 is 14.4 Å². The van der Waals surface area contributed by atoms with Crippen LogP contribution in [0, 0.1) is 20.8 Å². The number of aromatic nitrogens is 2. The summed E-state index contributed by atoms with van der Waals surface area (Å²) in [6, 6.07) is 9.73. The quantitative estimate of drug-likeness (QED) is 0.579. The third kappa shape index (κ3) is 4.00. The van der Waals surface area contributed by atoms with Crippen molar-refractivity contribution in [1.82, 2.24) is 10.1 Å². The first-order valence-corrected chi connectivity index (χ1v) is 10.4. The molecule has 0 bridgehead atoms. The van der Waals surface area contributed by atoms with Gasteiger partial charge in [-0.15, -0.1) is 0 Å². The van der Waals surface area contributed by atoms with Crippen LogP contribution in [0.2, 0.25) is 0 Å². The van der Waals surface area contributed by atoms with Crippen molar-refractivity contribution in [3.8, 4) is 22.9 Å². The maximum absolute atomic E-state index is 12.8. The van der Waals surface area contributed by atoms with Gasteiger partial charge in [-0.1, -0.05) is 22.9 Å². The summed E-state index contributed by atoms with van der Waals surface area (Å²) in [5.74, 6) is 2.14. The molecule has 1 atom stereocenters. The van der Waals surface area contributed by atoms with E-state index in [-0.39, 0.29) is 11.8 Å². The summed E-state index contributed by atoms with van der Waals surface area (Å²) in [7, 11) is 1.59. The third-order valence-electron chi connectivity index (χ3n) is 5.54. The van der Waals surface area contributed by atoms with Gasteiger partial charge in [0.15, 0.2) is 11.5 Å². The topological polar surface area (TPSA) is 77.7 Å². The molecule has 0 radical (unpaired) electrons. The highest BCUT2D eigenvalue weighted by atomic mass is 16.5. The van der Waals surface area contributed by atoms with Gasteiger partial charge in [0.05, 0.1) is 19.6 Å². The maximum Gasteiger partial charge on any atom is 0.232 e. The van der Waals surface area contributed by atoms with Crippen LogP contribution in [0.15, 0.2) is 34.9 Å². The Bertz CT molecular complexity index is 1100. The molecule has 4 rings (SSSR count). The molecule has 1 aliphatic heterocycles. The molecule has 162 valence electrons. The van der Waals surface area contributed by atoms with Crippen LogP contribution in [0.5, 0.6) is 11.5 Å². The summed E-state index contributed by atoms with van der Waals surface area (Å²) in [6.07, 6.45) is 0.348. The molecular formula is C24H27N3O4. The number of amides is 1. The molecule has 3 aromatic rings. The van der Waals surface area contributed by atoms with Crippen molar-refractivity contribution in [2.75, 3.05) is 25.2 Å². The van der Waals surface area contributed by atoms with Gasteiger partial charge >= 0.3 is 0 Å². The minimum absolute atomic E-state index is 0.0718. The van der Waals surface area contributed by atoms with E-state index in [1.165, 1.54) is 5.56 Å². The third-order valence-corrected chi connectivity index (χ3v) is 5.54. The Morgan fingerprint density at radius 3 is 2.55 bits per heavy atom. The van der Waals surface area contributed by atoms with E-state index in [9.17, 15) is 4.79 Å². The average molecular weight is 421 g/mol. The van der Waals surface area contributed by atoms with Gasteiger partial charge < -0.3 is 18.9 Å². The number of carbonyl (C=O) groups is 1. The zero-order valence-corrected chi connectivity index (χ0v) is 18.6. The summed E-state index contributed by atoms with van der Waals surface area (Å²) < 4.78 is 16.5. The van der Waals surface area contributed by atoms with E-state index >= 15 is 0 Å². The predicted molar refractivity (Wildman–Crippen MR) is 118 cm³/mol. The Balaban J connectivity index is 1.57. The molecule has 1 saturated heterocycles. The lowest BCUT2D eigenvalue weighted by atomic mass is 10.0. The number of carbonyl (C=O) groups excluding carboxylic acids is 1.